The molecular weight excluding hydrogens is 691 g/mol. The fourth-order valence-corrected chi connectivity index (χ4v) is 8.85. The van der Waals surface area contributed by atoms with Gasteiger partial charge in [0.15, 0.2) is 48.2 Å². The van der Waals surface area contributed by atoms with E-state index in [4.69, 9.17) is 28.0 Å². The molecule has 13 heteroatoms. The number of aromatic nitrogens is 4. The maximum absolute atomic E-state index is 13.8. The molecule has 0 bridgehead atoms. The molecule has 282 valence electrons. The van der Waals surface area contributed by atoms with Crippen molar-refractivity contribution >= 4 is 47.8 Å². The van der Waals surface area contributed by atoms with Crippen molar-refractivity contribution < 1.29 is 22.8 Å². The number of anilines is 1. The minimum atomic E-state index is -2.37. The molecule has 1 saturated heterocycles. The lowest BCUT2D eigenvalue weighted by molar-refractivity contribution is -0.0470. The summed E-state index contributed by atoms with van der Waals surface area (Å²) in [5.74, 6) is 0.200. The Kier molecular flexibility index (Phi) is 11.9. The third kappa shape index (κ3) is 8.66. The second-order valence-electron chi connectivity index (χ2n) is 18.4. The van der Waals surface area contributed by atoms with Crippen molar-refractivity contribution in [2.75, 3.05) is 18.1 Å². The SMILES string of the molecule is C=CCN(C(=O)c1ccccc1)c1ncnc2c1ncn2[C@@H]1O[C@H](CO[Si](C)(C)C(C)(C)C)[C@@H](O[Si](C)(C)C(C)(C)C)[C@H]1O[Si](C)(C)C(C)(C)C. The van der Waals surface area contributed by atoms with Gasteiger partial charge < -0.3 is 18.0 Å². The summed E-state index contributed by atoms with van der Waals surface area (Å²) in [4.78, 5) is 29.5. The van der Waals surface area contributed by atoms with Crippen LogP contribution in [0.25, 0.3) is 11.2 Å². The second kappa shape index (κ2) is 14.7. The Morgan fingerprint density at radius 1 is 0.843 bits per heavy atom. The third-order valence-electron chi connectivity index (χ3n) is 11.6. The standard InChI is InChI=1S/C38H63N5O5Si3/c1-17-23-42(34(44)27-21-19-18-20-22-27)32-29-33(40-25-39-32)43(26-41-29)35-31(48-51(15,16)38(8,9)10)30(47-50(13,14)37(5,6)7)28(46-35)24-45-49(11,12)36(2,3)4/h17-22,25-26,28,30-31,35H,1,23-24H2,2-16H3/t28-,30-,31-,35-/m1/s1. The first-order valence-electron chi connectivity index (χ1n) is 18.1. The number of carbonyl (C=O) groups excluding carboxylic acids is 1. The van der Waals surface area contributed by atoms with Crippen LogP contribution in [0.3, 0.4) is 0 Å². The van der Waals surface area contributed by atoms with Gasteiger partial charge in [-0.3, -0.25) is 14.3 Å². The smallest absolute Gasteiger partial charge is 0.259 e. The lowest BCUT2D eigenvalue weighted by Gasteiger charge is -2.44. The summed E-state index contributed by atoms with van der Waals surface area (Å²) in [6, 6.07) is 9.15. The molecule has 0 aliphatic carbocycles. The number of amides is 1. The predicted molar refractivity (Wildman–Crippen MR) is 215 cm³/mol. The molecule has 0 N–H and O–H groups in total. The maximum Gasteiger partial charge on any atom is 0.259 e. The molecule has 0 saturated carbocycles. The Balaban J connectivity index is 1.88. The van der Waals surface area contributed by atoms with Gasteiger partial charge in [-0.25, -0.2) is 15.0 Å². The lowest BCUT2D eigenvalue weighted by Crippen LogP contribution is -2.54. The van der Waals surface area contributed by atoms with Crippen LogP contribution in [-0.4, -0.2) is 81.8 Å². The summed E-state index contributed by atoms with van der Waals surface area (Å²) in [5.41, 5.74) is 1.57. The Bertz CT molecular complexity index is 1670. The minimum Gasteiger partial charge on any atom is -0.414 e. The molecule has 2 aromatic heterocycles. The first kappa shape index (κ1) is 41.2. The highest BCUT2D eigenvalue weighted by atomic mass is 28.4. The van der Waals surface area contributed by atoms with Crippen molar-refractivity contribution in [1.29, 1.82) is 0 Å². The van der Waals surface area contributed by atoms with Crippen LogP contribution in [0.4, 0.5) is 5.82 Å². The van der Waals surface area contributed by atoms with E-state index in [9.17, 15) is 4.79 Å². The van der Waals surface area contributed by atoms with Gasteiger partial charge in [0, 0.05) is 12.1 Å². The zero-order chi connectivity index (χ0) is 38.4. The molecule has 1 aliphatic heterocycles. The van der Waals surface area contributed by atoms with E-state index in [1.807, 2.05) is 22.8 Å². The van der Waals surface area contributed by atoms with Gasteiger partial charge >= 0.3 is 0 Å². The Labute approximate surface area is 309 Å². The number of hydrogen-bond acceptors (Lipinski definition) is 8. The van der Waals surface area contributed by atoms with Crippen molar-refractivity contribution in [3.63, 3.8) is 0 Å². The van der Waals surface area contributed by atoms with Crippen molar-refractivity contribution in [1.82, 2.24) is 19.5 Å². The van der Waals surface area contributed by atoms with Crippen molar-refractivity contribution in [3.8, 4) is 0 Å². The summed E-state index contributed by atoms with van der Waals surface area (Å²) in [6.45, 7) is 38.4. The molecule has 1 amide bonds. The Hall–Kier alpha value is -2.53. The van der Waals surface area contributed by atoms with Crippen LogP contribution in [0, 0.1) is 0 Å². The molecule has 1 aliphatic rings. The summed E-state index contributed by atoms with van der Waals surface area (Å²) >= 11 is 0. The van der Waals surface area contributed by atoms with Crippen LogP contribution in [0.2, 0.25) is 54.4 Å². The van der Waals surface area contributed by atoms with Gasteiger partial charge in [-0.1, -0.05) is 86.6 Å². The van der Waals surface area contributed by atoms with E-state index in [1.165, 1.54) is 6.33 Å². The molecule has 3 heterocycles. The van der Waals surface area contributed by atoms with E-state index in [-0.39, 0.29) is 27.6 Å². The number of nitrogens with zero attached hydrogens (tertiary/aromatic N) is 5. The summed E-state index contributed by atoms with van der Waals surface area (Å²) < 4.78 is 30.6. The van der Waals surface area contributed by atoms with Crippen molar-refractivity contribution in [2.24, 2.45) is 0 Å². The average molecular weight is 754 g/mol. The minimum absolute atomic E-state index is 0.0280. The van der Waals surface area contributed by atoms with E-state index in [0.717, 1.165) is 0 Å². The van der Waals surface area contributed by atoms with Gasteiger partial charge in [0.2, 0.25) is 0 Å². The molecule has 1 fully saturated rings. The highest BCUT2D eigenvalue weighted by Crippen LogP contribution is 2.47. The molecule has 0 radical (unpaired) electrons. The molecule has 0 spiro atoms. The van der Waals surface area contributed by atoms with Gasteiger partial charge in [-0.2, -0.15) is 0 Å². The Morgan fingerprint density at radius 3 is 1.92 bits per heavy atom. The molecule has 51 heavy (non-hydrogen) atoms. The number of imidazole rings is 1. The molecule has 4 rings (SSSR count). The largest absolute Gasteiger partial charge is 0.414 e. The molecule has 10 nitrogen and oxygen atoms in total. The number of carbonyl (C=O) groups is 1. The van der Waals surface area contributed by atoms with Crippen LogP contribution in [-0.2, 0) is 18.0 Å². The number of rotatable bonds is 12. The number of fused-ring (bicyclic) bond motifs is 1. The van der Waals surface area contributed by atoms with Gasteiger partial charge in [0.1, 0.15) is 24.6 Å². The Morgan fingerprint density at radius 2 is 1.39 bits per heavy atom. The van der Waals surface area contributed by atoms with Crippen LogP contribution < -0.4 is 4.90 Å². The van der Waals surface area contributed by atoms with E-state index in [1.54, 1.807) is 29.4 Å². The van der Waals surface area contributed by atoms with E-state index in [2.05, 4.69) is 113 Å². The van der Waals surface area contributed by atoms with Crippen LogP contribution in [0.5, 0.6) is 0 Å². The van der Waals surface area contributed by atoms with Crippen LogP contribution >= 0.6 is 0 Å². The summed E-state index contributed by atoms with van der Waals surface area (Å²) in [5, 5.41) is -0.0779. The number of benzene rings is 1. The first-order valence-corrected chi connectivity index (χ1v) is 26.9. The number of ether oxygens (including phenoxy) is 1. The van der Waals surface area contributed by atoms with Gasteiger partial charge in [-0.15, -0.1) is 6.58 Å². The van der Waals surface area contributed by atoms with E-state index >= 15 is 0 Å². The zero-order valence-corrected chi connectivity index (χ0v) is 36.8. The van der Waals surface area contributed by atoms with E-state index < -0.39 is 49.5 Å². The zero-order valence-electron chi connectivity index (χ0n) is 33.8. The fraction of sp³-hybridized carbons (Fsp3) is 0.632. The predicted octanol–water partition coefficient (Wildman–Crippen LogP) is 9.36. The fourth-order valence-electron chi connectivity index (χ4n) is 5.23. The van der Waals surface area contributed by atoms with Gasteiger partial charge in [-0.05, 0) is 66.5 Å². The molecular formula is C38H63N5O5Si3. The highest BCUT2D eigenvalue weighted by Gasteiger charge is 2.55. The second-order valence-corrected chi connectivity index (χ2v) is 32.7. The average Bonchev–Trinajstić information content (AvgIpc) is 3.58. The molecule has 0 unspecified atom stereocenters. The normalized spacial score (nSPS) is 20.9. The maximum atomic E-state index is 13.8. The first-order chi connectivity index (χ1) is 23.3. The summed E-state index contributed by atoms with van der Waals surface area (Å²) in [7, 11) is -6.83. The molecule has 1 aromatic carbocycles. The molecule has 3 aromatic rings. The van der Waals surface area contributed by atoms with E-state index in [0.29, 0.717) is 29.2 Å². The van der Waals surface area contributed by atoms with Crippen molar-refractivity contribution in [2.45, 2.75) is 141 Å². The molecule has 4 atom stereocenters. The number of hydrogen-bond donors (Lipinski definition) is 0. The highest BCUT2D eigenvalue weighted by molar-refractivity contribution is 6.75. The van der Waals surface area contributed by atoms with Gasteiger partial charge in [0.05, 0.1) is 12.9 Å². The monoisotopic (exact) mass is 753 g/mol. The summed E-state index contributed by atoms with van der Waals surface area (Å²) in [6.07, 6.45) is 3.00. The van der Waals surface area contributed by atoms with Crippen molar-refractivity contribution in [3.05, 3.63) is 61.2 Å². The van der Waals surface area contributed by atoms with Crippen LogP contribution in [0.15, 0.2) is 55.6 Å². The lowest BCUT2D eigenvalue weighted by atomic mass is 10.1. The quantitative estimate of drug-likeness (QED) is 0.133. The van der Waals surface area contributed by atoms with Gasteiger partial charge in [0.25, 0.3) is 5.91 Å². The topological polar surface area (TPSA) is 101 Å². The third-order valence-corrected chi connectivity index (χ3v) is 25.1. The van der Waals surface area contributed by atoms with Crippen LogP contribution in [0.1, 0.15) is 78.9 Å².